The summed E-state index contributed by atoms with van der Waals surface area (Å²) in [6, 6.07) is 9.64. The number of carbonyl (C=O) groups excluding carboxylic acids is 2. The second-order valence-electron chi connectivity index (χ2n) is 6.59. The maximum atomic E-state index is 12.4. The van der Waals surface area contributed by atoms with E-state index in [0.29, 0.717) is 30.9 Å². The minimum absolute atomic E-state index is 0.508. The first-order chi connectivity index (χ1) is 13.0. The molecule has 1 fully saturated rings. The molecule has 0 unspecified atom stereocenters. The highest BCUT2D eigenvalue weighted by molar-refractivity contribution is 6.39. The van der Waals surface area contributed by atoms with Gasteiger partial charge in [0.1, 0.15) is 0 Å². The Labute approximate surface area is 158 Å². The van der Waals surface area contributed by atoms with Crippen LogP contribution in [0.1, 0.15) is 17.5 Å². The summed E-state index contributed by atoms with van der Waals surface area (Å²) in [4.78, 5) is 28.5. The third-order valence-corrected chi connectivity index (χ3v) is 4.52. The molecule has 0 saturated carbocycles. The summed E-state index contributed by atoms with van der Waals surface area (Å²) >= 11 is 0. The van der Waals surface area contributed by atoms with E-state index in [-0.39, 0.29) is 0 Å². The van der Waals surface area contributed by atoms with Crippen LogP contribution < -0.4 is 5.32 Å². The first kappa shape index (κ1) is 18.6. The van der Waals surface area contributed by atoms with Crippen LogP contribution in [0, 0.1) is 11.3 Å². The van der Waals surface area contributed by atoms with Gasteiger partial charge in [-0.05, 0) is 24.1 Å². The predicted octanol–water partition coefficient (Wildman–Crippen LogP) is 0.965. The van der Waals surface area contributed by atoms with E-state index in [1.165, 1.54) is 6.20 Å². The third kappa shape index (κ3) is 4.92. The summed E-state index contributed by atoms with van der Waals surface area (Å²) in [5.41, 5.74) is 2.28. The Morgan fingerprint density at radius 1 is 1.19 bits per heavy atom. The van der Waals surface area contributed by atoms with Gasteiger partial charge in [0.2, 0.25) is 0 Å². The molecule has 1 saturated heterocycles. The zero-order valence-corrected chi connectivity index (χ0v) is 15.3. The Morgan fingerprint density at radius 3 is 2.63 bits per heavy atom. The monoisotopic (exact) mass is 366 g/mol. The van der Waals surface area contributed by atoms with Crippen LogP contribution in [0.15, 0.2) is 36.7 Å². The van der Waals surface area contributed by atoms with Crippen molar-refractivity contribution in [2.24, 2.45) is 7.05 Å². The highest BCUT2D eigenvalue weighted by atomic mass is 16.2. The van der Waals surface area contributed by atoms with Crippen molar-refractivity contribution in [3.8, 4) is 6.07 Å². The van der Waals surface area contributed by atoms with Crippen LogP contribution in [0.5, 0.6) is 0 Å². The van der Waals surface area contributed by atoms with Gasteiger partial charge in [0.05, 0.1) is 23.5 Å². The second-order valence-corrected chi connectivity index (χ2v) is 6.59. The van der Waals surface area contributed by atoms with E-state index < -0.39 is 11.8 Å². The maximum absolute atomic E-state index is 12.4. The smallest absolute Gasteiger partial charge is 0.313 e. The molecule has 1 aliphatic rings. The van der Waals surface area contributed by atoms with Crippen LogP contribution >= 0.6 is 0 Å². The molecule has 3 rings (SSSR count). The Morgan fingerprint density at radius 2 is 1.96 bits per heavy atom. The van der Waals surface area contributed by atoms with Crippen LogP contribution in [-0.4, -0.2) is 57.6 Å². The van der Waals surface area contributed by atoms with Gasteiger partial charge in [-0.15, -0.1) is 0 Å². The number of hydrogen-bond donors (Lipinski definition) is 1. The Balaban J connectivity index is 1.53. The topological polar surface area (TPSA) is 94.3 Å². The fourth-order valence-electron chi connectivity index (χ4n) is 3.09. The van der Waals surface area contributed by atoms with Crippen LogP contribution in [0.3, 0.4) is 0 Å². The molecule has 0 bridgehead atoms. The van der Waals surface area contributed by atoms with E-state index >= 15 is 0 Å². The highest BCUT2D eigenvalue weighted by Gasteiger charge is 2.24. The van der Waals surface area contributed by atoms with Crippen LogP contribution in [0.4, 0.5) is 5.69 Å². The normalized spacial score (nSPS) is 15.0. The van der Waals surface area contributed by atoms with Crippen molar-refractivity contribution in [3.63, 3.8) is 0 Å². The number of benzene rings is 1. The lowest BCUT2D eigenvalue weighted by Crippen LogP contribution is -2.41. The predicted molar refractivity (Wildman–Crippen MR) is 99.5 cm³/mol. The molecule has 1 N–H and O–H groups in total. The number of nitrogens with zero attached hydrogens (tertiary/aromatic N) is 5. The number of rotatable bonds is 3. The molecule has 1 aromatic heterocycles. The van der Waals surface area contributed by atoms with Gasteiger partial charge in [-0.1, -0.05) is 12.1 Å². The minimum Gasteiger partial charge on any atom is -0.333 e. The first-order valence-corrected chi connectivity index (χ1v) is 8.85. The average molecular weight is 366 g/mol. The van der Waals surface area contributed by atoms with Crippen molar-refractivity contribution in [1.29, 1.82) is 5.26 Å². The van der Waals surface area contributed by atoms with Crippen LogP contribution in [0.25, 0.3) is 0 Å². The summed E-state index contributed by atoms with van der Waals surface area (Å²) in [5, 5.41) is 15.4. The van der Waals surface area contributed by atoms with Gasteiger partial charge in [0.15, 0.2) is 0 Å². The van der Waals surface area contributed by atoms with Crippen molar-refractivity contribution >= 4 is 17.5 Å². The van der Waals surface area contributed by atoms with E-state index in [1.54, 1.807) is 22.8 Å². The molecular weight excluding hydrogens is 344 g/mol. The number of anilines is 1. The van der Waals surface area contributed by atoms with Gasteiger partial charge in [-0.2, -0.15) is 10.4 Å². The molecule has 8 nitrogen and oxygen atoms in total. The fourth-order valence-corrected chi connectivity index (χ4v) is 3.09. The molecular formula is C19H22N6O2. The zero-order valence-electron chi connectivity index (χ0n) is 15.3. The average Bonchev–Trinajstić information content (AvgIpc) is 2.94. The Bertz CT molecular complexity index is 852. The number of hydrogen-bond acceptors (Lipinski definition) is 5. The molecule has 1 aromatic carbocycles. The van der Waals surface area contributed by atoms with Crippen molar-refractivity contribution in [3.05, 3.63) is 47.8 Å². The summed E-state index contributed by atoms with van der Waals surface area (Å²) in [6.45, 7) is 3.38. The van der Waals surface area contributed by atoms with Crippen LogP contribution in [0.2, 0.25) is 0 Å². The standard InChI is InChI=1S/C19H22N6O2/c1-23-14-17(12-21-23)22-18(26)19(27)25-8-2-7-24(9-10-25)13-16-5-3-15(11-20)4-6-16/h3-6,12,14H,2,7-10,13H2,1H3,(H,22,26). The number of nitrogens with one attached hydrogen (secondary N) is 1. The molecule has 0 atom stereocenters. The summed E-state index contributed by atoms with van der Waals surface area (Å²) < 4.78 is 1.56. The summed E-state index contributed by atoms with van der Waals surface area (Å²) in [6.07, 6.45) is 3.96. The molecule has 2 amide bonds. The minimum atomic E-state index is -0.636. The highest BCUT2D eigenvalue weighted by Crippen LogP contribution is 2.11. The Hall–Kier alpha value is -3.18. The lowest BCUT2D eigenvalue weighted by Gasteiger charge is -2.21. The number of aryl methyl sites for hydroxylation is 1. The van der Waals surface area contributed by atoms with Gasteiger partial charge >= 0.3 is 11.8 Å². The Kier molecular flexibility index (Phi) is 5.84. The molecule has 140 valence electrons. The molecule has 27 heavy (non-hydrogen) atoms. The lowest BCUT2D eigenvalue weighted by molar-refractivity contribution is -0.143. The number of carbonyl (C=O) groups is 2. The van der Waals surface area contributed by atoms with E-state index in [1.807, 2.05) is 24.3 Å². The molecule has 2 aromatic rings. The lowest BCUT2D eigenvalue weighted by atomic mass is 10.1. The van der Waals surface area contributed by atoms with Crippen LogP contribution in [-0.2, 0) is 23.2 Å². The molecule has 0 radical (unpaired) electrons. The maximum Gasteiger partial charge on any atom is 0.313 e. The quantitative estimate of drug-likeness (QED) is 0.817. The largest absolute Gasteiger partial charge is 0.333 e. The van der Waals surface area contributed by atoms with E-state index in [2.05, 4.69) is 21.4 Å². The molecule has 8 heteroatoms. The number of amides is 2. The van der Waals surface area contributed by atoms with Crippen molar-refractivity contribution in [1.82, 2.24) is 19.6 Å². The summed E-state index contributed by atoms with van der Waals surface area (Å²) in [5.74, 6) is -1.15. The molecule has 0 aliphatic carbocycles. The van der Waals surface area contributed by atoms with Crippen molar-refractivity contribution in [2.75, 3.05) is 31.5 Å². The molecule has 0 spiro atoms. The van der Waals surface area contributed by atoms with Gasteiger partial charge < -0.3 is 10.2 Å². The molecule has 1 aliphatic heterocycles. The SMILES string of the molecule is Cn1cc(NC(=O)C(=O)N2CCCN(Cc3ccc(C#N)cc3)CC2)cn1. The summed E-state index contributed by atoms with van der Waals surface area (Å²) in [7, 11) is 1.74. The van der Waals surface area contributed by atoms with E-state index in [0.717, 1.165) is 25.1 Å². The van der Waals surface area contributed by atoms with E-state index in [4.69, 9.17) is 5.26 Å². The van der Waals surface area contributed by atoms with Gasteiger partial charge in [-0.25, -0.2) is 0 Å². The van der Waals surface area contributed by atoms with Crippen molar-refractivity contribution < 1.29 is 9.59 Å². The van der Waals surface area contributed by atoms with Crippen molar-refractivity contribution in [2.45, 2.75) is 13.0 Å². The number of aromatic nitrogens is 2. The third-order valence-electron chi connectivity index (χ3n) is 4.52. The molecule has 2 heterocycles. The first-order valence-electron chi connectivity index (χ1n) is 8.85. The van der Waals surface area contributed by atoms with Gasteiger partial charge in [-0.3, -0.25) is 19.2 Å². The zero-order chi connectivity index (χ0) is 19.2. The van der Waals surface area contributed by atoms with Gasteiger partial charge in [0, 0.05) is 46.0 Å². The fraction of sp³-hybridized carbons (Fsp3) is 0.368. The second kappa shape index (κ2) is 8.47. The van der Waals surface area contributed by atoms with Gasteiger partial charge in [0.25, 0.3) is 0 Å². The number of nitriles is 1. The van der Waals surface area contributed by atoms with E-state index in [9.17, 15) is 9.59 Å².